The predicted octanol–water partition coefficient (Wildman–Crippen LogP) is 4.22. The van der Waals surface area contributed by atoms with Gasteiger partial charge in [-0.25, -0.2) is 8.42 Å². The van der Waals surface area contributed by atoms with Gasteiger partial charge in [-0.15, -0.1) is 0 Å². The van der Waals surface area contributed by atoms with Crippen molar-refractivity contribution in [2.45, 2.75) is 4.90 Å². The highest BCUT2D eigenvalue weighted by atomic mass is 127. The van der Waals surface area contributed by atoms with Gasteiger partial charge < -0.3 is 5.32 Å². The van der Waals surface area contributed by atoms with Gasteiger partial charge in [0.2, 0.25) is 0 Å². The molecule has 3 rings (SSSR count). The van der Waals surface area contributed by atoms with Gasteiger partial charge in [-0.2, -0.15) is 0 Å². The second kappa shape index (κ2) is 9.33. The number of halogens is 1. The minimum atomic E-state index is -3.70. The van der Waals surface area contributed by atoms with Crippen molar-refractivity contribution >= 4 is 67.2 Å². The molecule has 0 fully saturated rings. The van der Waals surface area contributed by atoms with Crippen LogP contribution >= 0.6 is 34.8 Å². The van der Waals surface area contributed by atoms with Crippen molar-refractivity contribution < 1.29 is 13.2 Å². The highest BCUT2D eigenvalue weighted by Gasteiger charge is 2.14. The molecule has 0 aliphatic rings. The molecule has 148 valence electrons. The van der Waals surface area contributed by atoms with E-state index in [0.29, 0.717) is 16.9 Å². The lowest BCUT2D eigenvalue weighted by atomic mass is 10.2. The van der Waals surface area contributed by atoms with Crippen molar-refractivity contribution in [3.8, 4) is 0 Å². The fourth-order valence-electron chi connectivity index (χ4n) is 2.41. The largest absolute Gasteiger partial charge is 0.332 e. The van der Waals surface area contributed by atoms with Crippen molar-refractivity contribution in [1.82, 2.24) is 5.32 Å². The summed E-state index contributed by atoms with van der Waals surface area (Å²) in [6.45, 7) is 0. The number of nitrogens with one attached hydrogen (secondary N) is 3. The van der Waals surface area contributed by atoms with Gasteiger partial charge in [-0.1, -0.05) is 24.3 Å². The van der Waals surface area contributed by atoms with Gasteiger partial charge in [0.1, 0.15) is 0 Å². The zero-order valence-electron chi connectivity index (χ0n) is 14.9. The molecule has 3 N–H and O–H groups in total. The highest BCUT2D eigenvalue weighted by molar-refractivity contribution is 14.1. The van der Waals surface area contributed by atoms with Crippen LogP contribution in [0.15, 0.2) is 83.8 Å². The van der Waals surface area contributed by atoms with Crippen LogP contribution in [-0.4, -0.2) is 19.4 Å². The third-order valence-electron chi connectivity index (χ3n) is 3.76. The summed E-state index contributed by atoms with van der Waals surface area (Å²) >= 11 is 7.29. The van der Waals surface area contributed by atoms with Crippen LogP contribution in [0.5, 0.6) is 0 Å². The summed E-state index contributed by atoms with van der Waals surface area (Å²) in [6.07, 6.45) is 0. The van der Waals surface area contributed by atoms with Crippen LogP contribution in [0, 0.1) is 3.57 Å². The highest BCUT2D eigenvalue weighted by Crippen LogP contribution is 2.18. The third-order valence-corrected chi connectivity index (χ3v) is 6.03. The first-order valence-electron chi connectivity index (χ1n) is 8.39. The van der Waals surface area contributed by atoms with E-state index in [4.69, 9.17) is 12.2 Å². The molecule has 0 saturated heterocycles. The Hall–Kier alpha value is -2.50. The molecule has 0 unspecified atom stereocenters. The Labute approximate surface area is 187 Å². The van der Waals surface area contributed by atoms with Gasteiger partial charge in [0.25, 0.3) is 15.9 Å². The Kier molecular flexibility index (Phi) is 6.83. The Bertz CT molecular complexity index is 1140. The first-order valence-corrected chi connectivity index (χ1v) is 11.4. The lowest BCUT2D eigenvalue weighted by Crippen LogP contribution is -2.34. The molecule has 0 aliphatic carbocycles. The Morgan fingerprint density at radius 2 is 1.55 bits per heavy atom. The molecule has 0 saturated carbocycles. The second-order valence-corrected chi connectivity index (χ2v) is 9.25. The molecule has 0 aromatic heterocycles. The zero-order valence-corrected chi connectivity index (χ0v) is 18.7. The van der Waals surface area contributed by atoms with Crippen molar-refractivity contribution in [3.05, 3.63) is 88.0 Å². The molecule has 0 spiro atoms. The number of sulfonamides is 1. The molecular formula is C20H16IN3O3S2. The first-order chi connectivity index (χ1) is 13.8. The van der Waals surface area contributed by atoms with E-state index in [1.165, 1.54) is 12.1 Å². The van der Waals surface area contributed by atoms with Crippen LogP contribution in [0.4, 0.5) is 11.4 Å². The molecule has 0 atom stereocenters. The van der Waals surface area contributed by atoms with E-state index >= 15 is 0 Å². The monoisotopic (exact) mass is 537 g/mol. The molecule has 6 nitrogen and oxygen atoms in total. The fourth-order valence-corrected chi connectivity index (χ4v) is 4.22. The maximum atomic E-state index is 12.5. The van der Waals surface area contributed by atoms with Crippen LogP contribution in [0.1, 0.15) is 10.4 Å². The number of amides is 1. The smallest absolute Gasteiger partial charge is 0.261 e. The average molecular weight is 537 g/mol. The Balaban J connectivity index is 1.62. The second-order valence-electron chi connectivity index (χ2n) is 5.91. The van der Waals surface area contributed by atoms with E-state index in [1.54, 1.807) is 60.7 Å². The summed E-state index contributed by atoms with van der Waals surface area (Å²) in [5.41, 5.74) is 1.53. The molecular weight excluding hydrogens is 521 g/mol. The summed E-state index contributed by atoms with van der Waals surface area (Å²) < 4.78 is 28.4. The Morgan fingerprint density at radius 1 is 0.862 bits per heavy atom. The Morgan fingerprint density at radius 3 is 2.21 bits per heavy atom. The van der Waals surface area contributed by atoms with E-state index in [2.05, 4.69) is 37.9 Å². The maximum absolute atomic E-state index is 12.5. The number of thiocarbonyl (C=S) groups is 1. The number of para-hydroxylation sites is 1. The van der Waals surface area contributed by atoms with Gasteiger partial charge in [0.15, 0.2) is 5.11 Å². The number of anilines is 2. The molecule has 3 aromatic carbocycles. The van der Waals surface area contributed by atoms with Gasteiger partial charge in [-0.3, -0.25) is 14.8 Å². The van der Waals surface area contributed by atoms with Gasteiger partial charge in [0, 0.05) is 20.5 Å². The fraction of sp³-hybridized carbons (Fsp3) is 0. The summed E-state index contributed by atoms with van der Waals surface area (Å²) in [6, 6.07) is 21.8. The standard InChI is InChI=1S/C20H16IN3O3S2/c21-15-6-4-5-14(13-15)19(25)23-20(28)22-16-9-11-18(12-10-16)29(26,27)24-17-7-2-1-3-8-17/h1-13,24H,(H2,22,23,25,28). The van der Waals surface area contributed by atoms with Gasteiger partial charge in [-0.05, 0) is 89.4 Å². The minimum absolute atomic E-state index is 0.112. The number of hydrogen-bond acceptors (Lipinski definition) is 4. The van der Waals surface area contributed by atoms with Crippen LogP contribution in [0.2, 0.25) is 0 Å². The summed E-state index contributed by atoms with van der Waals surface area (Å²) in [5, 5.41) is 5.58. The van der Waals surface area contributed by atoms with Crippen molar-refractivity contribution in [1.29, 1.82) is 0 Å². The van der Waals surface area contributed by atoms with E-state index < -0.39 is 10.0 Å². The number of hydrogen-bond donors (Lipinski definition) is 3. The molecule has 0 radical (unpaired) electrons. The van der Waals surface area contributed by atoms with Crippen LogP contribution < -0.4 is 15.4 Å². The molecule has 0 aliphatic heterocycles. The van der Waals surface area contributed by atoms with E-state index in [0.717, 1.165) is 3.57 Å². The molecule has 0 heterocycles. The van der Waals surface area contributed by atoms with Crippen LogP contribution in [0.3, 0.4) is 0 Å². The lowest BCUT2D eigenvalue weighted by Gasteiger charge is -2.11. The summed E-state index contributed by atoms with van der Waals surface area (Å²) in [7, 11) is -3.70. The van der Waals surface area contributed by atoms with Gasteiger partial charge >= 0.3 is 0 Å². The number of rotatable bonds is 5. The quantitative estimate of drug-likeness (QED) is 0.335. The molecule has 0 bridgehead atoms. The van der Waals surface area contributed by atoms with Crippen molar-refractivity contribution in [2.75, 3.05) is 10.0 Å². The molecule has 1 amide bonds. The number of carbonyl (C=O) groups is 1. The van der Waals surface area contributed by atoms with Crippen molar-refractivity contribution in [2.24, 2.45) is 0 Å². The number of benzene rings is 3. The topological polar surface area (TPSA) is 87.3 Å². The minimum Gasteiger partial charge on any atom is -0.332 e. The first kappa shape index (κ1) is 21.2. The average Bonchev–Trinajstić information content (AvgIpc) is 2.68. The lowest BCUT2D eigenvalue weighted by molar-refractivity contribution is 0.0977. The predicted molar refractivity (Wildman–Crippen MR) is 127 cm³/mol. The zero-order chi connectivity index (χ0) is 20.9. The summed E-state index contributed by atoms with van der Waals surface area (Å²) in [5.74, 6) is -0.327. The van der Waals surface area contributed by atoms with Crippen molar-refractivity contribution in [3.63, 3.8) is 0 Å². The maximum Gasteiger partial charge on any atom is 0.261 e. The number of carbonyl (C=O) groups excluding carboxylic acids is 1. The van der Waals surface area contributed by atoms with E-state index in [-0.39, 0.29) is 15.9 Å². The van der Waals surface area contributed by atoms with Gasteiger partial charge in [0.05, 0.1) is 4.90 Å². The molecule has 3 aromatic rings. The van der Waals surface area contributed by atoms with Crippen LogP contribution in [-0.2, 0) is 10.0 Å². The van der Waals surface area contributed by atoms with E-state index in [9.17, 15) is 13.2 Å². The third kappa shape index (κ3) is 5.99. The normalized spacial score (nSPS) is 10.8. The van der Waals surface area contributed by atoms with E-state index in [1.807, 2.05) is 6.07 Å². The van der Waals surface area contributed by atoms with Crippen LogP contribution in [0.25, 0.3) is 0 Å². The SMILES string of the molecule is O=C(NC(=S)Nc1ccc(S(=O)(=O)Nc2ccccc2)cc1)c1cccc(I)c1. The summed E-state index contributed by atoms with van der Waals surface area (Å²) in [4.78, 5) is 12.3. The molecule has 29 heavy (non-hydrogen) atoms. The molecule has 9 heteroatoms.